The number of nitrogens with zero attached hydrogens (tertiary/aromatic N) is 2. The molecule has 2 saturated heterocycles. The number of fused-ring (bicyclic) bond motifs is 1. The van der Waals surface area contributed by atoms with Crippen molar-refractivity contribution in [2.24, 2.45) is 0 Å². The minimum Gasteiger partial charge on any atom is -0.489 e. The summed E-state index contributed by atoms with van der Waals surface area (Å²) in [5, 5.41) is 2.80. The molecule has 1 N–H and O–H groups in total. The third-order valence-corrected chi connectivity index (χ3v) is 8.30. The second kappa shape index (κ2) is 11.1. The van der Waals surface area contributed by atoms with Gasteiger partial charge in [-0.2, -0.15) is 0 Å². The van der Waals surface area contributed by atoms with Crippen LogP contribution in [0.1, 0.15) is 64.2 Å². The van der Waals surface area contributed by atoms with Gasteiger partial charge in [0.2, 0.25) is 5.91 Å². The van der Waals surface area contributed by atoms with Crippen molar-refractivity contribution in [3.05, 3.63) is 113 Å². The summed E-state index contributed by atoms with van der Waals surface area (Å²) in [6.07, 6.45) is 3.66. The van der Waals surface area contributed by atoms with Gasteiger partial charge in [0.05, 0.1) is 6.54 Å². The summed E-state index contributed by atoms with van der Waals surface area (Å²) in [7, 11) is 0. The molecule has 0 spiro atoms. The first-order valence-corrected chi connectivity index (χ1v) is 13.9. The predicted octanol–water partition coefficient (Wildman–Crippen LogP) is 5.39. The average molecular weight is 522 g/mol. The van der Waals surface area contributed by atoms with E-state index in [9.17, 15) is 9.59 Å². The highest BCUT2D eigenvalue weighted by Crippen LogP contribution is 2.34. The molecule has 3 aromatic carbocycles. The van der Waals surface area contributed by atoms with Crippen LogP contribution in [0.3, 0.4) is 0 Å². The predicted molar refractivity (Wildman–Crippen MR) is 151 cm³/mol. The lowest BCUT2D eigenvalue weighted by molar-refractivity contribution is -0.126. The molecule has 0 bridgehead atoms. The van der Waals surface area contributed by atoms with Crippen molar-refractivity contribution in [2.45, 2.75) is 57.3 Å². The number of piperidine rings is 2. The maximum Gasteiger partial charge on any atom is 0.255 e. The van der Waals surface area contributed by atoms with E-state index in [1.54, 1.807) is 4.90 Å². The fourth-order valence-corrected chi connectivity index (χ4v) is 6.16. The Morgan fingerprint density at radius 3 is 2.46 bits per heavy atom. The van der Waals surface area contributed by atoms with Crippen LogP contribution in [0.25, 0.3) is 0 Å². The number of allylic oxidation sites excluding steroid dienone is 1. The number of carbonyl (C=O) groups excluding carboxylic acids is 2. The highest BCUT2D eigenvalue weighted by atomic mass is 16.5. The van der Waals surface area contributed by atoms with Crippen molar-refractivity contribution in [1.29, 1.82) is 0 Å². The fraction of sp³-hybridized carbons (Fsp3) is 0.333. The number of rotatable bonds is 7. The number of likely N-dealkylation sites (tertiary alicyclic amines) is 1. The van der Waals surface area contributed by atoms with Gasteiger partial charge in [-0.1, -0.05) is 67.2 Å². The molecule has 3 aromatic rings. The lowest BCUT2D eigenvalue weighted by Gasteiger charge is -2.32. The number of benzene rings is 3. The van der Waals surface area contributed by atoms with Crippen LogP contribution in [-0.2, 0) is 24.5 Å². The molecule has 39 heavy (non-hydrogen) atoms. The summed E-state index contributed by atoms with van der Waals surface area (Å²) in [6, 6.07) is 24.6. The molecule has 3 aliphatic heterocycles. The van der Waals surface area contributed by atoms with Gasteiger partial charge in [-0.3, -0.25) is 14.5 Å². The molecule has 2 amide bonds. The van der Waals surface area contributed by atoms with E-state index in [1.165, 1.54) is 24.0 Å². The van der Waals surface area contributed by atoms with Gasteiger partial charge in [0.1, 0.15) is 18.4 Å². The first kappa shape index (κ1) is 25.4. The van der Waals surface area contributed by atoms with Gasteiger partial charge in [-0.05, 0) is 73.5 Å². The lowest BCUT2D eigenvalue weighted by atomic mass is 9.89. The summed E-state index contributed by atoms with van der Waals surface area (Å²) in [6.45, 7) is 7.81. The Bertz CT molecular complexity index is 1380. The number of hydrogen-bond donors (Lipinski definition) is 1. The summed E-state index contributed by atoms with van der Waals surface area (Å²) >= 11 is 0. The van der Waals surface area contributed by atoms with Gasteiger partial charge in [0.25, 0.3) is 5.91 Å². The number of hydrogen-bond acceptors (Lipinski definition) is 4. The minimum absolute atomic E-state index is 0.110. The zero-order valence-corrected chi connectivity index (χ0v) is 22.3. The Labute approximate surface area is 230 Å². The number of ether oxygens (including phenoxy) is 1. The monoisotopic (exact) mass is 521 g/mol. The Hall–Kier alpha value is -3.90. The fourth-order valence-electron chi connectivity index (χ4n) is 6.16. The molecular formula is C33H35N3O3. The molecule has 3 aliphatic rings. The van der Waals surface area contributed by atoms with E-state index in [1.807, 2.05) is 18.2 Å². The van der Waals surface area contributed by atoms with E-state index in [2.05, 4.69) is 71.4 Å². The third kappa shape index (κ3) is 5.48. The molecule has 0 saturated carbocycles. The van der Waals surface area contributed by atoms with Gasteiger partial charge < -0.3 is 15.0 Å². The third-order valence-electron chi connectivity index (χ3n) is 8.30. The molecule has 2 fully saturated rings. The van der Waals surface area contributed by atoms with Crippen LogP contribution in [0.2, 0.25) is 0 Å². The van der Waals surface area contributed by atoms with E-state index < -0.39 is 6.04 Å². The number of nitrogens with one attached hydrogen (secondary N) is 1. The molecule has 0 radical (unpaired) electrons. The van der Waals surface area contributed by atoms with E-state index in [4.69, 9.17) is 4.74 Å². The van der Waals surface area contributed by atoms with Gasteiger partial charge in [-0.15, -0.1) is 0 Å². The van der Waals surface area contributed by atoms with Gasteiger partial charge in [0, 0.05) is 23.4 Å². The average Bonchev–Trinajstić information content (AvgIpc) is 3.29. The highest BCUT2D eigenvalue weighted by molar-refractivity contribution is 6.02. The molecule has 6 rings (SSSR count). The van der Waals surface area contributed by atoms with Crippen molar-refractivity contribution in [1.82, 2.24) is 15.1 Å². The molecule has 3 heterocycles. The van der Waals surface area contributed by atoms with Crippen LogP contribution in [0.15, 0.2) is 85.1 Å². The van der Waals surface area contributed by atoms with Crippen molar-refractivity contribution >= 4 is 11.8 Å². The summed E-state index contributed by atoms with van der Waals surface area (Å²) < 4.78 is 6.26. The lowest BCUT2D eigenvalue weighted by Crippen LogP contribution is -2.49. The number of amides is 2. The molecular weight excluding hydrogens is 486 g/mol. The zero-order chi connectivity index (χ0) is 26.8. The van der Waals surface area contributed by atoms with Crippen molar-refractivity contribution < 1.29 is 14.3 Å². The largest absolute Gasteiger partial charge is 0.489 e. The van der Waals surface area contributed by atoms with E-state index in [0.29, 0.717) is 48.9 Å². The topological polar surface area (TPSA) is 61.9 Å². The molecule has 0 aromatic heterocycles. The molecule has 6 nitrogen and oxygen atoms in total. The van der Waals surface area contributed by atoms with Crippen LogP contribution in [0.5, 0.6) is 5.75 Å². The van der Waals surface area contributed by atoms with E-state index in [0.717, 1.165) is 30.8 Å². The second-order valence-corrected chi connectivity index (χ2v) is 10.9. The SMILES string of the molecule is C=C1CCC(N2Cc3c(OCc4cccc(CN5CCC(c6ccccc6)CC5)c4)cccc3C2=O)C(=O)N1. The number of carbonyl (C=O) groups is 2. The summed E-state index contributed by atoms with van der Waals surface area (Å²) in [4.78, 5) is 29.9. The van der Waals surface area contributed by atoms with Crippen molar-refractivity contribution in [2.75, 3.05) is 13.1 Å². The van der Waals surface area contributed by atoms with Crippen LogP contribution >= 0.6 is 0 Å². The Kier molecular flexibility index (Phi) is 7.20. The van der Waals surface area contributed by atoms with E-state index >= 15 is 0 Å². The summed E-state index contributed by atoms with van der Waals surface area (Å²) in [5.74, 6) is 1.10. The van der Waals surface area contributed by atoms with Crippen LogP contribution in [-0.4, -0.2) is 40.7 Å². The first-order valence-electron chi connectivity index (χ1n) is 13.9. The summed E-state index contributed by atoms with van der Waals surface area (Å²) in [5.41, 5.74) is 6.05. The molecule has 6 heteroatoms. The molecule has 1 atom stereocenters. The first-order chi connectivity index (χ1) is 19.0. The van der Waals surface area contributed by atoms with Crippen LogP contribution < -0.4 is 10.1 Å². The Morgan fingerprint density at radius 2 is 1.67 bits per heavy atom. The van der Waals surface area contributed by atoms with Crippen LogP contribution in [0, 0.1) is 0 Å². The van der Waals surface area contributed by atoms with Gasteiger partial charge in [-0.25, -0.2) is 0 Å². The maximum absolute atomic E-state index is 13.1. The highest BCUT2D eigenvalue weighted by Gasteiger charge is 2.39. The zero-order valence-electron chi connectivity index (χ0n) is 22.3. The van der Waals surface area contributed by atoms with E-state index in [-0.39, 0.29) is 11.8 Å². The minimum atomic E-state index is -0.474. The van der Waals surface area contributed by atoms with Gasteiger partial charge >= 0.3 is 0 Å². The Morgan fingerprint density at radius 1 is 0.897 bits per heavy atom. The smallest absolute Gasteiger partial charge is 0.255 e. The maximum atomic E-state index is 13.1. The van der Waals surface area contributed by atoms with Gasteiger partial charge in [0.15, 0.2) is 0 Å². The van der Waals surface area contributed by atoms with Crippen molar-refractivity contribution in [3.8, 4) is 5.75 Å². The quantitative estimate of drug-likeness (QED) is 0.453. The molecule has 0 aliphatic carbocycles. The standard InChI is InChI=1S/C33H35N3O3/c1-23-13-14-30(32(37)34-23)36-21-29-28(33(36)38)11-6-12-31(29)39-22-25-8-5-7-24(19-25)20-35-17-15-27(16-18-35)26-9-3-2-4-10-26/h2-12,19,27,30H,1,13-18,20-22H2,(H,34,37). The Balaban J connectivity index is 1.07. The normalized spacial score (nSPS) is 20.2. The molecule has 200 valence electrons. The second-order valence-electron chi connectivity index (χ2n) is 10.9. The molecule has 1 unspecified atom stereocenters. The van der Waals surface area contributed by atoms with Crippen LogP contribution in [0.4, 0.5) is 0 Å². The van der Waals surface area contributed by atoms with Crippen molar-refractivity contribution in [3.63, 3.8) is 0 Å².